The van der Waals surface area contributed by atoms with Gasteiger partial charge in [-0.2, -0.15) is 18.3 Å². The standard InChI is InChI=1S/C11H17F3N4O3/c1-3-4-17-10(9(18(20)21)8(2)15-17)16(5-6-19)7-11(12,13)14/h19H,3-7H2,1-2H3. The molecule has 1 heterocycles. The van der Waals surface area contributed by atoms with Crippen LogP contribution in [-0.2, 0) is 6.54 Å². The Kier molecular flexibility index (Phi) is 5.53. The third-order valence-corrected chi connectivity index (χ3v) is 2.73. The maximum Gasteiger partial charge on any atom is 0.405 e. The third-order valence-electron chi connectivity index (χ3n) is 2.73. The summed E-state index contributed by atoms with van der Waals surface area (Å²) in [5.74, 6) is -0.217. The lowest BCUT2D eigenvalue weighted by atomic mass is 10.3. The molecule has 0 aliphatic rings. The summed E-state index contributed by atoms with van der Waals surface area (Å²) in [5.41, 5.74) is -0.408. The number of alkyl halides is 3. The van der Waals surface area contributed by atoms with Gasteiger partial charge in [0.1, 0.15) is 12.2 Å². The van der Waals surface area contributed by atoms with Gasteiger partial charge in [0.25, 0.3) is 0 Å². The highest BCUT2D eigenvalue weighted by molar-refractivity contribution is 5.61. The van der Waals surface area contributed by atoms with Crippen molar-refractivity contribution in [2.75, 3.05) is 24.6 Å². The Labute approximate surface area is 119 Å². The largest absolute Gasteiger partial charge is 0.405 e. The van der Waals surface area contributed by atoms with E-state index in [1.54, 1.807) is 6.92 Å². The van der Waals surface area contributed by atoms with Crippen LogP contribution in [0.15, 0.2) is 0 Å². The molecule has 0 aliphatic heterocycles. The van der Waals surface area contributed by atoms with E-state index in [0.717, 1.165) is 4.90 Å². The first-order chi connectivity index (χ1) is 9.71. The maximum atomic E-state index is 12.6. The van der Waals surface area contributed by atoms with Crippen molar-refractivity contribution in [1.82, 2.24) is 9.78 Å². The Balaban J connectivity index is 3.35. The zero-order valence-electron chi connectivity index (χ0n) is 11.7. The minimum Gasteiger partial charge on any atom is -0.395 e. The van der Waals surface area contributed by atoms with E-state index in [9.17, 15) is 23.3 Å². The summed E-state index contributed by atoms with van der Waals surface area (Å²) in [4.78, 5) is 11.1. The first kappa shape index (κ1) is 17.2. The van der Waals surface area contributed by atoms with Crippen LogP contribution < -0.4 is 4.90 Å². The van der Waals surface area contributed by atoms with E-state index in [1.807, 2.05) is 0 Å². The number of rotatable bonds is 7. The second-order valence-electron chi connectivity index (χ2n) is 4.50. The number of hydrogen-bond acceptors (Lipinski definition) is 5. The molecular formula is C11H17F3N4O3. The summed E-state index contributed by atoms with van der Waals surface area (Å²) in [7, 11) is 0. The average Bonchev–Trinajstić information content (AvgIpc) is 2.64. The Morgan fingerprint density at radius 2 is 2.10 bits per heavy atom. The number of halogens is 3. The fraction of sp³-hybridized carbons (Fsp3) is 0.727. The van der Waals surface area contributed by atoms with Gasteiger partial charge in [-0.05, 0) is 13.3 Å². The van der Waals surface area contributed by atoms with E-state index >= 15 is 0 Å². The minimum absolute atomic E-state index is 0.0496. The molecule has 0 bridgehead atoms. The number of aliphatic hydroxyl groups is 1. The molecule has 0 amide bonds. The molecule has 0 fully saturated rings. The molecule has 0 saturated heterocycles. The van der Waals surface area contributed by atoms with Crippen molar-refractivity contribution >= 4 is 11.5 Å². The summed E-state index contributed by atoms with van der Waals surface area (Å²) in [6.45, 7) is 1.11. The molecule has 0 aromatic carbocycles. The zero-order valence-corrected chi connectivity index (χ0v) is 11.7. The van der Waals surface area contributed by atoms with Gasteiger partial charge in [-0.25, -0.2) is 4.68 Å². The Bertz CT molecular complexity index is 502. The van der Waals surface area contributed by atoms with Crippen LogP contribution in [0.1, 0.15) is 19.0 Å². The monoisotopic (exact) mass is 310 g/mol. The van der Waals surface area contributed by atoms with Crippen LogP contribution in [0.4, 0.5) is 24.7 Å². The van der Waals surface area contributed by atoms with E-state index in [1.165, 1.54) is 11.6 Å². The van der Waals surface area contributed by atoms with Crippen molar-refractivity contribution in [2.45, 2.75) is 33.0 Å². The Morgan fingerprint density at radius 3 is 2.52 bits per heavy atom. The van der Waals surface area contributed by atoms with E-state index in [-0.39, 0.29) is 24.6 Å². The van der Waals surface area contributed by atoms with Gasteiger partial charge in [-0.3, -0.25) is 10.1 Å². The lowest BCUT2D eigenvalue weighted by Gasteiger charge is -2.24. The maximum absolute atomic E-state index is 12.6. The van der Waals surface area contributed by atoms with Crippen LogP contribution in [0.25, 0.3) is 0 Å². The number of aromatic nitrogens is 2. The van der Waals surface area contributed by atoms with Crippen LogP contribution in [0.5, 0.6) is 0 Å². The van der Waals surface area contributed by atoms with Gasteiger partial charge < -0.3 is 10.0 Å². The molecular weight excluding hydrogens is 293 g/mol. The van der Waals surface area contributed by atoms with E-state index in [4.69, 9.17) is 5.11 Å². The van der Waals surface area contributed by atoms with Gasteiger partial charge >= 0.3 is 11.9 Å². The summed E-state index contributed by atoms with van der Waals surface area (Å²) >= 11 is 0. The molecule has 0 spiro atoms. The Morgan fingerprint density at radius 1 is 1.48 bits per heavy atom. The minimum atomic E-state index is -4.54. The second kappa shape index (κ2) is 6.74. The molecule has 1 aromatic rings. The van der Waals surface area contributed by atoms with Crippen LogP contribution in [0, 0.1) is 17.0 Å². The number of hydrogen-bond donors (Lipinski definition) is 1. The topological polar surface area (TPSA) is 84.4 Å². The van der Waals surface area contributed by atoms with Gasteiger partial charge in [0.05, 0.1) is 11.5 Å². The van der Waals surface area contributed by atoms with Crippen LogP contribution in [0.3, 0.4) is 0 Å². The third kappa shape index (κ3) is 4.31. The summed E-state index contributed by atoms with van der Waals surface area (Å²) in [5, 5.41) is 24.0. The lowest BCUT2D eigenvalue weighted by molar-refractivity contribution is -0.384. The molecule has 0 radical (unpaired) electrons. The smallest absolute Gasteiger partial charge is 0.395 e. The number of aryl methyl sites for hydroxylation is 2. The highest BCUT2D eigenvalue weighted by Gasteiger charge is 2.36. The fourth-order valence-electron chi connectivity index (χ4n) is 2.05. The zero-order chi connectivity index (χ0) is 16.2. The first-order valence-corrected chi connectivity index (χ1v) is 6.35. The molecule has 1 rings (SSSR count). The highest BCUT2D eigenvalue weighted by Crippen LogP contribution is 2.33. The van der Waals surface area contributed by atoms with Gasteiger partial charge in [0.2, 0.25) is 5.82 Å². The van der Waals surface area contributed by atoms with Crippen LogP contribution in [0.2, 0.25) is 0 Å². The quantitative estimate of drug-likeness (QED) is 0.614. The SMILES string of the molecule is CCCn1nc(C)c([N+](=O)[O-])c1N(CCO)CC(F)(F)F. The van der Waals surface area contributed by atoms with E-state index in [0.29, 0.717) is 6.42 Å². The number of anilines is 1. The average molecular weight is 310 g/mol. The molecule has 0 atom stereocenters. The second-order valence-corrected chi connectivity index (χ2v) is 4.50. The van der Waals surface area contributed by atoms with Crippen LogP contribution in [-0.4, -0.2) is 45.7 Å². The molecule has 0 saturated carbocycles. The van der Waals surface area contributed by atoms with Crippen molar-refractivity contribution in [1.29, 1.82) is 0 Å². The highest BCUT2D eigenvalue weighted by atomic mass is 19.4. The molecule has 21 heavy (non-hydrogen) atoms. The Hall–Kier alpha value is -1.84. The molecule has 1 aromatic heterocycles. The number of nitro groups is 1. The number of nitrogens with zero attached hydrogens (tertiary/aromatic N) is 4. The molecule has 1 N–H and O–H groups in total. The normalized spacial score (nSPS) is 11.7. The predicted octanol–water partition coefficient (Wildman–Crippen LogP) is 1.87. The molecule has 0 aliphatic carbocycles. The van der Waals surface area contributed by atoms with Crippen molar-refractivity contribution < 1.29 is 23.2 Å². The van der Waals surface area contributed by atoms with Gasteiger partial charge in [-0.1, -0.05) is 6.92 Å². The molecule has 10 heteroatoms. The van der Waals surface area contributed by atoms with Crippen molar-refractivity contribution in [3.63, 3.8) is 0 Å². The fourth-order valence-corrected chi connectivity index (χ4v) is 2.05. The predicted molar refractivity (Wildman–Crippen MR) is 69.3 cm³/mol. The summed E-state index contributed by atoms with van der Waals surface area (Å²) in [6.07, 6.45) is -3.98. The van der Waals surface area contributed by atoms with Gasteiger partial charge in [-0.15, -0.1) is 0 Å². The van der Waals surface area contributed by atoms with Crippen molar-refractivity contribution in [3.8, 4) is 0 Å². The van der Waals surface area contributed by atoms with Crippen molar-refractivity contribution in [2.24, 2.45) is 0 Å². The van der Waals surface area contributed by atoms with Crippen LogP contribution >= 0.6 is 0 Å². The van der Waals surface area contributed by atoms with Gasteiger partial charge in [0, 0.05) is 13.1 Å². The lowest BCUT2D eigenvalue weighted by Crippen LogP contribution is -2.38. The first-order valence-electron chi connectivity index (χ1n) is 6.35. The summed E-state index contributed by atoms with van der Waals surface area (Å²) in [6, 6.07) is 0. The number of aliphatic hydroxyl groups excluding tert-OH is 1. The van der Waals surface area contributed by atoms with E-state index < -0.39 is 29.9 Å². The van der Waals surface area contributed by atoms with E-state index in [2.05, 4.69) is 5.10 Å². The molecule has 7 nitrogen and oxygen atoms in total. The molecule has 120 valence electrons. The van der Waals surface area contributed by atoms with Crippen molar-refractivity contribution in [3.05, 3.63) is 15.8 Å². The van der Waals surface area contributed by atoms with Gasteiger partial charge in [0.15, 0.2) is 0 Å². The molecule has 0 unspecified atom stereocenters. The summed E-state index contributed by atoms with van der Waals surface area (Å²) < 4.78 is 39.1.